The molecule has 114 valence electrons. The Hall–Kier alpha value is -2.94. The van der Waals surface area contributed by atoms with E-state index in [0.717, 1.165) is 11.1 Å². The van der Waals surface area contributed by atoms with Crippen LogP contribution in [0.2, 0.25) is 0 Å². The summed E-state index contributed by atoms with van der Waals surface area (Å²) < 4.78 is 0. The Bertz CT molecular complexity index is 768. The molecule has 3 heteroatoms. The van der Waals surface area contributed by atoms with Gasteiger partial charge in [-0.3, -0.25) is 9.78 Å². The fourth-order valence-electron chi connectivity index (χ4n) is 2.48. The molecule has 0 radical (unpaired) electrons. The number of benzene rings is 2. The van der Waals surface area contributed by atoms with Crippen LogP contribution >= 0.6 is 0 Å². The molecule has 0 bridgehead atoms. The van der Waals surface area contributed by atoms with Crippen LogP contribution in [0, 0.1) is 6.92 Å². The van der Waals surface area contributed by atoms with Crippen LogP contribution in [0.1, 0.15) is 33.1 Å². The van der Waals surface area contributed by atoms with Crippen LogP contribution in [-0.4, -0.2) is 10.9 Å². The summed E-state index contributed by atoms with van der Waals surface area (Å²) in [7, 11) is 0. The number of amides is 1. The average Bonchev–Trinajstić information content (AvgIpc) is 2.62. The lowest BCUT2D eigenvalue weighted by molar-refractivity contribution is 0.0942. The standard InChI is InChI=1S/C20H18N2O/c1-15-9-11-17(12-10-15)19(16-6-3-2-4-7-16)22-20(23)18-8-5-13-21-14-18/h2-14,19H,1H3,(H,22,23). The smallest absolute Gasteiger partial charge is 0.253 e. The molecular weight excluding hydrogens is 284 g/mol. The van der Waals surface area contributed by atoms with Gasteiger partial charge in [0.1, 0.15) is 0 Å². The van der Waals surface area contributed by atoms with Crippen molar-refractivity contribution in [2.45, 2.75) is 13.0 Å². The molecule has 0 aliphatic rings. The maximum Gasteiger partial charge on any atom is 0.253 e. The zero-order valence-corrected chi connectivity index (χ0v) is 12.9. The molecule has 3 nitrogen and oxygen atoms in total. The van der Waals surface area contributed by atoms with Crippen molar-refractivity contribution in [3.63, 3.8) is 0 Å². The molecule has 1 aromatic heterocycles. The zero-order valence-electron chi connectivity index (χ0n) is 12.9. The van der Waals surface area contributed by atoms with Crippen LogP contribution in [0.4, 0.5) is 0 Å². The Morgan fingerprint density at radius 2 is 1.61 bits per heavy atom. The van der Waals surface area contributed by atoms with Crippen LogP contribution in [0.3, 0.4) is 0 Å². The van der Waals surface area contributed by atoms with Gasteiger partial charge >= 0.3 is 0 Å². The van der Waals surface area contributed by atoms with Crippen LogP contribution in [-0.2, 0) is 0 Å². The molecule has 0 aliphatic heterocycles. The van der Waals surface area contributed by atoms with Crippen molar-refractivity contribution in [2.75, 3.05) is 0 Å². The molecule has 1 atom stereocenters. The molecule has 1 heterocycles. The van der Waals surface area contributed by atoms with Gasteiger partial charge in [0, 0.05) is 12.4 Å². The summed E-state index contributed by atoms with van der Waals surface area (Å²) in [5, 5.41) is 3.11. The number of pyridine rings is 1. The molecular formula is C20H18N2O. The Morgan fingerprint density at radius 1 is 0.913 bits per heavy atom. The minimum atomic E-state index is -0.190. The lowest BCUT2D eigenvalue weighted by atomic mass is 9.97. The van der Waals surface area contributed by atoms with Crippen molar-refractivity contribution in [3.05, 3.63) is 101 Å². The van der Waals surface area contributed by atoms with Gasteiger partial charge in [-0.1, -0.05) is 60.2 Å². The van der Waals surface area contributed by atoms with E-state index < -0.39 is 0 Å². The van der Waals surface area contributed by atoms with Gasteiger partial charge in [0.15, 0.2) is 0 Å². The predicted molar refractivity (Wildman–Crippen MR) is 91.2 cm³/mol. The summed E-state index contributed by atoms with van der Waals surface area (Å²) in [6.45, 7) is 2.05. The first kappa shape index (κ1) is 15.0. The molecule has 0 aliphatic carbocycles. The molecule has 0 spiro atoms. The molecule has 3 aromatic rings. The fraction of sp³-hybridized carbons (Fsp3) is 0.100. The summed E-state index contributed by atoms with van der Waals surface area (Å²) in [6, 6.07) is 21.5. The van der Waals surface area contributed by atoms with Gasteiger partial charge in [-0.2, -0.15) is 0 Å². The minimum Gasteiger partial charge on any atom is -0.341 e. The topological polar surface area (TPSA) is 42.0 Å². The van der Waals surface area contributed by atoms with Crippen molar-refractivity contribution >= 4 is 5.91 Å². The average molecular weight is 302 g/mol. The number of hydrogen-bond acceptors (Lipinski definition) is 2. The quantitative estimate of drug-likeness (QED) is 0.794. The molecule has 0 fully saturated rings. The van der Waals surface area contributed by atoms with Crippen molar-refractivity contribution in [1.82, 2.24) is 10.3 Å². The minimum absolute atomic E-state index is 0.132. The van der Waals surface area contributed by atoms with Crippen molar-refractivity contribution < 1.29 is 4.79 Å². The molecule has 23 heavy (non-hydrogen) atoms. The largest absolute Gasteiger partial charge is 0.341 e. The molecule has 1 unspecified atom stereocenters. The van der Waals surface area contributed by atoms with E-state index in [0.29, 0.717) is 5.56 Å². The first-order valence-electron chi connectivity index (χ1n) is 7.56. The normalized spacial score (nSPS) is 11.7. The zero-order chi connectivity index (χ0) is 16.1. The molecule has 2 aromatic carbocycles. The third kappa shape index (κ3) is 3.64. The highest BCUT2D eigenvalue weighted by Crippen LogP contribution is 2.22. The van der Waals surface area contributed by atoms with E-state index in [9.17, 15) is 4.79 Å². The first-order valence-corrected chi connectivity index (χ1v) is 7.56. The maximum absolute atomic E-state index is 12.5. The third-order valence-electron chi connectivity index (χ3n) is 3.74. The lowest BCUT2D eigenvalue weighted by Crippen LogP contribution is -2.29. The summed E-state index contributed by atoms with van der Waals surface area (Å²) >= 11 is 0. The first-order chi connectivity index (χ1) is 11.2. The van der Waals surface area contributed by atoms with Crippen LogP contribution < -0.4 is 5.32 Å². The Morgan fingerprint density at radius 3 is 2.26 bits per heavy atom. The summed E-state index contributed by atoms with van der Waals surface area (Å²) in [5.41, 5.74) is 3.85. The van der Waals surface area contributed by atoms with Gasteiger partial charge in [-0.25, -0.2) is 0 Å². The monoisotopic (exact) mass is 302 g/mol. The van der Waals surface area contributed by atoms with Crippen LogP contribution in [0.15, 0.2) is 79.1 Å². The van der Waals surface area contributed by atoms with Crippen molar-refractivity contribution in [2.24, 2.45) is 0 Å². The van der Waals surface area contributed by atoms with Gasteiger partial charge in [0.2, 0.25) is 0 Å². The number of rotatable bonds is 4. The summed E-state index contributed by atoms with van der Waals surface area (Å²) in [5.74, 6) is -0.132. The summed E-state index contributed by atoms with van der Waals surface area (Å²) in [6.07, 6.45) is 3.23. The van der Waals surface area contributed by atoms with E-state index in [4.69, 9.17) is 0 Å². The second kappa shape index (κ2) is 6.88. The Kier molecular flexibility index (Phi) is 4.48. The number of carbonyl (C=O) groups is 1. The highest BCUT2D eigenvalue weighted by Gasteiger charge is 2.17. The van der Waals surface area contributed by atoms with E-state index in [-0.39, 0.29) is 11.9 Å². The second-order valence-electron chi connectivity index (χ2n) is 5.47. The van der Waals surface area contributed by atoms with Crippen LogP contribution in [0.5, 0.6) is 0 Å². The van der Waals surface area contributed by atoms with Gasteiger partial charge in [0.05, 0.1) is 11.6 Å². The van der Waals surface area contributed by atoms with E-state index in [1.54, 1.807) is 24.5 Å². The highest BCUT2D eigenvalue weighted by molar-refractivity contribution is 5.94. The molecule has 1 N–H and O–H groups in total. The SMILES string of the molecule is Cc1ccc(C(NC(=O)c2cccnc2)c2ccccc2)cc1. The van der Waals surface area contributed by atoms with E-state index in [1.165, 1.54) is 5.56 Å². The number of carbonyl (C=O) groups excluding carboxylic acids is 1. The maximum atomic E-state index is 12.5. The van der Waals surface area contributed by atoms with E-state index >= 15 is 0 Å². The molecule has 1 amide bonds. The van der Waals surface area contributed by atoms with Gasteiger partial charge in [-0.15, -0.1) is 0 Å². The van der Waals surface area contributed by atoms with Crippen molar-refractivity contribution in [1.29, 1.82) is 0 Å². The van der Waals surface area contributed by atoms with Gasteiger partial charge in [0.25, 0.3) is 5.91 Å². The molecule has 0 saturated carbocycles. The summed E-state index contributed by atoms with van der Waals surface area (Å²) in [4.78, 5) is 16.5. The number of nitrogens with zero attached hydrogens (tertiary/aromatic N) is 1. The number of aromatic nitrogens is 1. The third-order valence-corrected chi connectivity index (χ3v) is 3.74. The van der Waals surface area contributed by atoms with Crippen molar-refractivity contribution in [3.8, 4) is 0 Å². The second-order valence-corrected chi connectivity index (χ2v) is 5.47. The molecule has 0 saturated heterocycles. The lowest BCUT2D eigenvalue weighted by Gasteiger charge is -2.20. The van der Waals surface area contributed by atoms with Gasteiger partial charge in [-0.05, 0) is 30.2 Å². The van der Waals surface area contributed by atoms with E-state index in [2.05, 4.69) is 41.5 Å². The molecule has 3 rings (SSSR count). The Balaban J connectivity index is 1.93. The predicted octanol–water partition coefficient (Wildman–Crippen LogP) is 3.91. The van der Waals surface area contributed by atoms with E-state index in [1.807, 2.05) is 30.3 Å². The number of nitrogens with one attached hydrogen (secondary N) is 1. The number of hydrogen-bond donors (Lipinski definition) is 1. The van der Waals surface area contributed by atoms with Gasteiger partial charge < -0.3 is 5.32 Å². The van der Waals surface area contributed by atoms with Crippen LogP contribution in [0.25, 0.3) is 0 Å². The highest BCUT2D eigenvalue weighted by atomic mass is 16.1. The number of aryl methyl sites for hydroxylation is 1. The fourth-order valence-corrected chi connectivity index (χ4v) is 2.48. The Labute approximate surface area is 136 Å².